The van der Waals surface area contributed by atoms with E-state index in [4.69, 9.17) is 25.5 Å². The molecule has 2 aromatic rings. The Labute approximate surface area is 141 Å². The van der Waals surface area contributed by atoms with Crippen molar-refractivity contribution >= 4 is 17.1 Å². The summed E-state index contributed by atoms with van der Waals surface area (Å²) < 4.78 is 18.6. The van der Waals surface area contributed by atoms with Gasteiger partial charge in [0.2, 0.25) is 5.95 Å². The number of hydrogen-bond donors (Lipinski definition) is 2. The number of H-pyrrole nitrogens is 1. The molecule has 0 aliphatic carbocycles. The zero-order valence-electron chi connectivity index (χ0n) is 13.7. The molecule has 0 saturated carbocycles. The van der Waals surface area contributed by atoms with Gasteiger partial charge in [-0.05, 0) is 19.4 Å². The Bertz CT molecular complexity index is 869. The van der Waals surface area contributed by atoms with Gasteiger partial charge in [-0.15, -0.1) is 0 Å². The summed E-state index contributed by atoms with van der Waals surface area (Å²) >= 11 is 0. The van der Waals surface area contributed by atoms with Crippen LogP contribution in [-0.2, 0) is 20.9 Å². The molecule has 134 valence electrons. The Morgan fingerprint density at radius 1 is 1.68 bits per heavy atom. The van der Waals surface area contributed by atoms with Crippen LogP contribution in [0.15, 0.2) is 16.2 Å². The SMILES string of the molecule is CC1(C)OCC([C@@H](CN=[N+]=[N-])OCn2cnc3c(=O)[nH]c(N)nc32)O1. The van der Waals surface area contributed by atoms with Crippen molar-refractivity contribution in [3.63, 3.8) is 0 Å². The lowest BCUT2D eigenvalue weighted by atomic mass is 10.2. The van der Waals surface area contributed by atoms with Gasteiger partial charge in [0.05, 0.1) is 25.6 Å². The Balaban J connectivity index is 1.77. The van der Waals surface area contributed by atoms with Gasteiger partial charge in [-0.3, -0.25) is 14.3 Å². The highest BCUT2D eigenvalue weighted by atomic mass is 16.7. The van der Waals surface area contributed by atoms with E-state index in [9.17, 15) is 4.79 Å². The number of imidazole rings is 1. The second kappa shape index (κ2) is 6.69. The minimum absolute atomic E-state index is 0.0147. The maximum absolute atomic E-state index is 11.8. The van der Waals surface area contributed by atoms with Crippen molar-refractivity contribution in [1.29, 1.82) is 0 Å². The van der Waals surface area contributed by atoms with Gasteiger partial charge in [0.15, 0.2) is 17.0 Å². The number of aromatic nitrogens is 4. The molecule has 0 spiro atoms. The number of ether oxygens (including phenoxy) is 3. The number of nitrogens with zero attached hydrogens (tertiary/aromatic N) is 6. The van der Waals surface area contributed by atoms with Gasteiger partial charge in [-0.25, -0.2) is 4.98 Å². The van der Waals surface area contributed by atoms with Crippen molar-refractivity contribution in [3.8, 4) is 0 Å². The van der Waals surface area contributed by atoms with E-state index >= 15 is 0 Å². The molecule has 3 N–H and O–H groups in total. The molecule has 0 radical (unpaired) electrons. The molecule has 2 aromatic heterocycles. The van der Waals surface area contributed by atoms with Crippen LogP contribution >= 0.6 is 0 Å². The fourth-order valence-electron chi connectivity index (χ4n) is 2.53. The monoisotopic (exact) mass is 350 g/mol. The minimum atomic E-state index is -0.729. The summed E-state index contributed by atoms with van der Waals surface area (Å²) in [4.78, 5) is 25.0. The molecule has 0 amide bonds. The fraction of sp³-hybridized carbons (Fsp3) is 0.615. The summed E-state index contributed by atoms with van der Waals surface area (Å²) in [5.41, 5.74) is 14.2. The van der Waals surface area contributed by atoms with Gasteiger partial charge in [0.25, 0.3) is 5.56 Å². The van der Waals surface area contributed by atoms with E-state index in [1.165, 1.54) is 10.9 Å². The summed E-state index contributed by atoms with van der Waals surface area (Å²) in [6.07, 6.45) is 0.499. The summed E-state index contributed by atoms with van der Waals surface area (Å²) in [5.74, 6) is -0.743. The Hall–Kier alpha value is -2.66. The maximum Gasteiger partial charge on any atom is 0.280 e. The van der Waals surface area contributed by atoms with E-state index in [2.05, 4.69) is 25.0 Å². The Morgan fingerprint density at radius 3 is 3.16 bits per heavy atom. The number of nitrogen functional groups attached to an aromatic ring is 1. The quantitative estimate of drug-likeness (QED) is 0.434. The van der Waals surface area contributed by atoms with Gasteiger partial charge in [0, 0.05) is 4.91 Å². The predicted molar refractivity (Wildman–Crippen MR) is 86.4 cm³/mol. The third-order valence-electron chi connectivity index (χ3n) is 3.69. The van der Waals surface area contributed by atoms with Gasteiger partial charge in [-0.1, -0.05) is 5.11 Å². The van der Waals surface area contributed by atoms with E-state index in [1.807, 2.05) is 0 Å². The number of rotatable bonds is 6. The van der Waals surface area contributed by atoms with Gasteiger partial charge in [-0.2, -0.15) is 4.98 Å². The van der Waals surface area contributed by atoms with Crippen LogP contribution in [-0.4, -0.2) is 50.7 Å². The molecule has 3 rings (SSSR count). The third kappa shape index (κ3) is 3.72. The number of hydrogen-bond acceptors (Lipinski definition) is 8. The van der Waals surface area contributed by atoms with Gasteiger partial charge in [0.1, 0.15) is 12.8 Å². The van der Waals surface area contributed by atoms with Crippen LogP contribution in [0.5, 0.6) is 0 Å². The van der Waals surface area contributed by atoms with Crippen LogP contribution in [0.4, 0.5) is 5.95 Å². The largest absolute Gasteiger partial charge is 0.369 e. The summed E-state index contributed by atoms with van der Waals surface area (Å²) in [6, 6.07) is 0. The Morgan fingerprint density at radius 2 is 2.48 bits per heavy atom. The highest BCUT2D eigenvalue weighted by Gasteiger charge is 2.37. The summed E-state index contributed by atoms with van der Waals surface area (Å²) in [6.45, 7) is 4.00. The van der Waals surface area contributed by atoms with Crippen molar-refractivity contribution in [2.75, 3.05) is 18.9 Å². The average molecular weight is 350 g/mol. The molecule has 1 saturated heterocycles. The molecular weight excluding hydrogens is 332 g/mol. The second-order valence-electron chi connectivity index (χ2n) is 5.95. The molecule has 12 nitrogen and oxygen atoms in total. The lowest BCUT2D eigenvalue weighted by molar-refractivity contribution is -0.159. The average Bonchev–Trinajstić information content (AvgIpc) is 3.11. The first-order valence-electron chi connectivity index (χ1n) is 7.54. The highest BCUT2D eigenvalue weighted by molar-refractivity contribution is 5.70. The first-order chi connectivity index (χ1) is 11.9. The van der Waals surface area contributed by atoms with Crippen LogP contribution < -0.4 is 11.3 Å². The van der Waals surface area contributed by atoms with Crippen molar-refractivity contribution in [1.82, 2.24) is 19.5 Å². The standard InChI is InChI=1S/C13H18N8O4/c1-13(2)24-4-8(25-13)7(3-17-20-15)23-6-21-5-16-9-10(21)18-12(14)19-11(9)22/h5,7-8H,3-4,6H2,1-2H3,(H3,14,18,19,22)/t7-,8?/m1/s1. The summed E-state index contributed by atoms with van der Waals surface area (Å²) in [7, 11) is 0. The van der Waals surface area contributed by atoms with E-state index in [-0.39, 0.29) is 24.7 Å². The molecule has 12 heteroatoms. The minimum Gasteiger partial charge on any atom is -0.369 e. The number of fused-ring (bicyclic) bond motifs is 1. The number of aromatic amines is 1. The van der Waals surface area contributed by atoms with Crippen LogP contribution in [0.1, 0.15) is 13.8 Å². The number of azide groups is 1. The predicted octanol–water partition coefficient (Wildman–Crippen LogP) is 0.506. The molecule has 1 unspecified atom stereocenters. The normalized spacial score (nSPS) is 20.5. The molecule has 0 bridgehead atoms. The topological polar surface area (TPSA) is 166 Å². The van der Waals surface area contributed by atoms with E-state index in [1.54, 1.807) is 13.8 Å². The molecule has 1 aliphatic rings. The Kier molecular flexibility index (Phi) is 4.59. The van der Waals surface area contributed by atoms with Gasteiger partial charge >= 0.3 is 0 Å². The van der Waals surface area contributed by atoms with Crippen LogP contribution in [0.2, 0.25) is 0 Å². The summed E-state index contributed by atoms with van der Waals surface area (Å²) in [5, 5.41) is 3.56. The van der Waals surface area contributed by atoms with E-state index in [0.29, 0.717) is 12.3 Å². The molecule has 1 aliphatic heterocycles. The molecule has 2 atom stereocenters. The number of anilines is 1. The zero-order chi connectivity index (χ0) is 18.0. The maximum atomic E-state index is 11.8. The molecule has 0 aromatic carbocycles. The first-order valence-corrected chi connectivity index (χ1v) is 7.54. The van der Waals surface area contributed by atoms with Crippen LogP contribution in [0.3, 0.4) is 0 Å². The third-order valence-corrected chi connectivity index (χ3v) is 3.69. The highest BCUT2D eigenvalue weighted by Crippen LogP contribution is 2.26. The van der Waals surface area contributed by atoms with Crippen molar-refractivity contribution in [2.24, 2.45) is 5.11 Å². The zero-order valence-corrected chi connectivity index (χ0v) is 13.7. The van der Waals surface area contributed by atoms with Gasteiger partial charge < -0.3 is 19.9 Å². The fourth-order valence-corrected chi connectivity index (χ4v) is 2.53. The molecule has 25 heavy (non-hydrogen) atoms. The van der Waals surface area contributed by atoms with Crippen LogP contribution in [0.25, 0.3) is 21.6 Å². The van der Waals surface area contributed by atoms with Crippen molar-refractivity contribution in [3.05, 3.63) is 27.1 Å². The van der Waals surface area contributed by atoms with E-state index < -0.39 is 23.6 Å². The number of nitrogens with one attached hydrogen (secondary N) is 1. The van der Waals surface area contributed by atoms with Crippen molar-refractivity contribution in [2.45, 2.75) is 38.6 Å². The number of nitrogens with two attached hydrogens (primary N) is 1. The molecular formula is C13H18N8O4. The molecule has 1 fully saturated rings. The van der Waals surface area contributed by atoms with Crippen LogP contribution in [0, 0.1) is 0 Å². The smallest absolute Gasteiger partial charge is 0.280 e. The lowest BCUT2D eigenvalue weighted by Crippen LogP contribution is -2.35. The van der Waals surface area contributed by atoms with Crippen molar-refractivity contribution < 1.29 is 14.2 Å². The second-order valence-corrected chi connectivity index (χ2v) is 5.95. The molecule has 3 heterocycles. The first kappa shape index (κ1) is 17.2. The van der Waals surface area contributed by atoms with E-state index in [0.717, 1.165) is 0 Å². The lowest BCUT2D eigenvalue weighted by Gasteiger charge is -2.23.